The maximum atomic E-state index is 13.6. The number of carbonyl (C=O) groups is 2. The Bertz CT molecular complexity index is 1570. The Kier molecular flexibility index (Phi) is 8.45. The highest BCUT2D eigenvalue weighted by atomic mass is 35.5. The molecule has 5 atom stereocenters. The van der Waals surface area contributed by atoms with E-state index < -0.39 is 21.9 Å². The number of aryl methyl sites for hydroxylation is 1. The molecule has 3 N–H and O–H groups in total. The minimum atomic E-state index is -3.41. The molecule has 1 spiro atoms. The minimum Gasteiger partial charge on any atom is -0.490 e. The van der Waals surface area contributed by atoms with E-state index in [1.165, 1.54) is 11.1 Å². The van der Waals surface area contributed by atoms with Crippen molar-refractivity contribution in [3.8, 4) is 5.75 Å². The standard InChI is InChI=1S/C32H39ClN4O5S/c1-41-28-7-3-2-4-15-43(40,36-31(34)39)35-30(38)22-9-13-29-27(17-22)37(18-23-8-11-25(23)28)19-32(20-42-29)14-5-6-21-16-24(33)10-12-26(21)32/h3,7,9-10,12-13,16-17,23,25,28H,2,4-6,8,11,14-15,18-20H2,1H3,(H3,34,35,36,38,39,40)/b7-3+/t23-,25+,28-,32-,43?/m0/s1. The van der Waals surface area contributed by atoms with Crippen LogP contribution >= 0.6 is 11.6 Å². The maximum absolute atomic E-state index is 13.6. The third-order valence-corrected chi connectivity index (χ3v) is 11.6. The summed E-state index contributed by atoms with van der Waals surface area (Å²) in [6, 6.07) is 10.5. The molecular formula is C32H39ClN4O5S. The molecule has 2 bridgehead atoms. The maximum Gasteiger partial charge on any atom is 0.324 e. The zero-order chi connectivity index (χ0) is 30.2. The third-order valence-electron chi connectivity index (χ3n) is 9.52. The van der Waals surface area contributed by atoms with Gasteiger partial charge in [-0.25, -0.2) is 9.00 Å². The van der Waals surface area contributed by atoms with Gasteiger partial charge in [-0.3, -0.25) is 9.52 Å². The van der Waals surface area contributed by atoms with Crippen molar-refractivity contribution in [2.45, 2.75) is 56.5 Å². The summed E-state index contributed by atoms with van der Waals surface area (Å²) >= 11 is 6.40. The Hall–Kier alpha value is -3.08. The van der Waals surface area contributed by atoms with E-state index in [-0.39, 0.29) is 22.8 Å². The molecule has 1 fully saturated rings. The van der Waals surface area contributed by atoms with Gasteiger partial charge in [-0.1, -0.05) is 29.8 Å². The number of primary amides is 1. The Morgan fingerprint density at radius 2 is 2.09 bits per heavy atom. The number of urea groups is 1. The van der Waals surface area contributed by atoms with Gasteiger partial charge in [0.15, 0.2) is 0 Å². The number of nitrogens with one attached hydrogen (secondary N) is 1. The summed E-state index contributed by atoms with van der Waals surface area (Å²) in [5, 5.41) is 0.740. The summed E-state index contributed by atoms with van der Waals surface area (Å²) in [5.41, 5.74) is 8.71. The number of nitrogens with zero attached hydrogens (tertiary/aromatic N) is 2. The first kappa shape index (κ1) is 30.0. The van der Waals surface area contributed by atoms with Crippen LogP contribution in [0.5, 0.6) is 5.75 Å². The summed E-state index contributed by atoms with van der Waals surface area (Å²) < 4.78 is 32.3. The molecule has 2 aromatic rings. The van der Waals surface area contributed by atoms with E-state index in [0.717, 1.165) is 55.9 Å². The summed E-state index contributed by atoms with van der Waals surface area (Å²) in [6.45, 7) is 2.02. The molecule has 2 aromatic carbocycles. The zero-order valence-corrected chi connectivity index (χ0v) is 26.0. The number of benzene rings is 2. The molecule has 6 rings (SSSR count). The number of amides is 3. The van der Waals surface area contributed by atoms with Crippen LogP contribution in [0.2, 0.25) is 5.02 Å². The first-order valence-corrected chi connectivity index (χ1v) is 17.1. The number of methoxy groups -OCH3 is 1. The van der Waals surface area contributed by atoms with E-state index in [1.54, 1.807) is 25.3 Å². The second kappa shape index (κ2) is 12.1. The first-order valence-electron chi connectivity index (χ1n) is 15.1. The van der Waals surface area contributed by atoms with Crippen molar-refractivity contribution in [3.63, 3.8) is 0 Å². The average molecular weight is 627 g/mol. The van der Waals surface area contributed by atoms with Gasteiger partial charge in [-0.2, -0.15) is 0 Å². The van der Waals surface area contributed by atoms with Crippen molar-refractivity contribution in [3.05, 3.63) is 70.3 Å². The molecule has 230 valence electrons. The molecule has 2 aliphatic carbocycles. The van der Waals surface area contributed by atoms with Crippen LogP contribution in [0, 0.1) is 11.8 Å². The van der Waals surface area contributed by atoms with Crippen LogP contribution in [0.25, 0.3) is 0 Å². The molecule has 9 nitrogen and oxygen atoms in total. The fourth-order valence-corrected chi connectivity index (χ4v) is 8.95. The van der Waals surface area contributed by atoms with E-state index in [2.05, 4.69) is 32.2 Å². The average Bonchev–Trinajstić information content (AvgIpc) is 3.10. The molecular weight excluding hydrogens is 588 g/mol. The number of nitrogens with two attached hydrogens (primary N) is 1. The van der Waals surface area contributed by atoms with Crippen LogP contribution in [-0.4, -0.2) is 54.8 Å². The number of allylic oxidation sites excluding steroid dienone is 1. The molecule has 1 unspecified atom stereocenters. The van der Waals surface area contributed by atoms with Gasteiger partial charge in [0.05, 0.1) is 24.2 Å². The fraction of sp³-hybridized carbons (Fsp3) is 0.500. The van der Waals surface area contributed by atoms with Crippen molar-refractivity contribution in [2.24, 2.45) is 21.9 Å². The first-order chi connectivity index (χ1) is 20.7. The summed E-state index contributed by atoms with van der Waals surface area (Å²) in [7, 11) is -1.67. The minimum absolute atomic E-state index is 0.00183. The fourth-order valence-electron chi connectivity index (χ4n) is 7.27. The Labute approximate surface area is 258 Å². The Morgan fingerprint density at radius 1 is 1.23 bits per heavy atom. The van der Waals surface area contributed by atoms with Gasteiger partial charge in [0, 0.05) is 36.2 Å². The van der Waals surface area contributed by atoms with E-state index in [4.69, 9.17) is 26.8 Å². The molecule has 2 aliphatic heterocycles. The normalized spacial score (nSPS) is 31.3. The SMILES string of the molecule is CO[C@H]1/C=C/CCCS(=O)(NC(N)=O)=NC(=O)c2ccc3c(c2)N(C[C@@H]2CC[C@H]21)C[C@@]1(CCCc2cc(Cl)ccc21)CO3. The third kappa shape index (κ3) is 6.14. The number of anilines is 1. The van der Waals surface area contributed by atoms with Gasteiger partial charge >= 0.3 is 6.03 Å². The van der Waals surface area contributed by atoms with Crippen molar-refractivity contribution < 1.29 is 23.3 Å². The van der Waals surface area contributed by atoms with Gasteiger partial charge in [0.25, 0.3) is 5.91 Å². The summed E-state index contributed by atoms with van der Waals surface area (Å²) in [4.78, 5) is 27.5. The molecule has 4 aliphatic rings. The molecule has 0 aromatic heterocycles. The van der Waals surface area contributed by atoms with Crippen LogP contribution < -0.4 is 20.1 Å². The van der Waals surface area contributed by atoms with Gasteiger partial charge in [0.2, 0.25) is 0 Å². The zero-order valence-electron chi connectivity index (χ0n) is 24.4. The summed E-state index contributed by atoms with van der Waals surface area (Å²) in [5.74, 6) is 0.798. The van der Waals surface area contributed by atoms with Gasteiger partial charge in [-0.15, -0.1) is 4.36 Å². The highest BCUT2D eigenvalue weighted by Crippen LogP contribution is 2.47. The van der Waals surface area contributed by atoms with E-state index in [1.807, 2.05) is 12.1 Å². The number of fused-ring (bicyclic) bond motifs is 4. The highest BCUT2D eigenvalue weighted by Gasteiger charge is 2.44. The molecule has 43 heavy (non-hydrogen) atoms. The number of hydrogen-bond donors (Lipinski definition) is 2. The second-order valence-electron chi connectivity index (χ2n) is 12.3. The van der Waals surface area contributed by atoms with Crippen LogP contribution in [0.4, 0.5) is 10.5 Å². The Morgan fingerprint density at radius 3 is 2.86 bits per heavy atom. The van der Waals surface area contributed by atoms with Crippen molar-refractivity contribution in [1.82, 2.24) is 4.72 Å². The van der Waals surface area contributed by atoms with Crippen LogP contribution in [0.15, 0.2) is 52.9 Å². The highest BCUT2D eigenvalue weighted by molar-refractivity contribution is 7.92. The number of halogens is 1. The van der Waals surface area contributed by atoms with Crippen molar-refractivity contribution >= 4 is 39.1 Å². The molecule has 0 radical (unpaired) electrons. The molecule has 0 saturated heterocycles. The van der Waals surface area contributed by atoms with Crippen LogP contribution in [0.1, 0.15) is 60.0 Å². The monoisotopic (exact) mass is 626 g/mol. The van der Waals surface area contributed by atoms with Crippen LogP contribution in [0.3, 0.4) is 0 Å². The van der Waals surface area contributed by atoms with Gasteiger partial charge in [-0.05, 0) is 98.2 Å². The second-order valence-corrected chi connectivity index (χ2v) is 14.8. The number of hydrogen-bond acceptors (Lipinski definition) is 6. The van der Waals surface area contributed by atoms with E-state index in [9.17, 15) is 13.8 Å². The quantitative estimate of drug-likeness (QED) is 0.431. The van der Waals surface area contributed by atoms with Crippen molar-refractivity contribution in [2.75, 3.05) is 37.5 Å². The topological polar surface area (TPSA) is 123 Å². The number of rotatable bonds is 2. The van der Waals surface area contributed by atoms with Crippen molar-refractivity contribution in [1.29, 1.82) is 0 Å². The van der Waals surface area contributed by atoms with Gasteiger partial charge in [0.1, 0.15) is 15.7 Å². The largest absolute Gasteiger partial charge is 0.490 e. The lowest BCUT2D eigenvalue weighted by Gasteiger charge is -2.46. The number of carbonyl (C=O) groups excluding carboxylic acids is 2. The van der Waals surface area contributed by atoms with E-state index >= 15 is 0 Å². The number of ether oxygens (including phenoxy) is 2. The molecule has 11 heteroatoms. The lowest BCUT2D eigenvalue weighted by atomic mass is 9.68. The molecule has 1 saturated carbocycles. The van der Waals surface area contributed by atoms with E-state index in [0.29, 0.717) is 37.0 Å². The smallest absolute Gasteiger partial charge is 0.324 e. The van der Waals surface area contributed by atoms with Gasteiger partial charge < -0.3 is 20.1 Å². The van der Waals surface area contributed by atoms with Crippen LogP contribution in [-0.2, 0) is 26.5 Å². The predicted octanol–water partition coefficient (Wildman–Crippen LogP) is 5.40. The predicted molar refractivity (Wildman–Crippen MR) is 168 cm³/mol. The summed E-state index contributed by atoms with van der Waals surface area (Å²) in [6.07, 6.45) is 10.3. The lowest BCUT2D eigenvalue weighted by molar-refractivity contribution is 0.0132. The Balaban J connectivity index is 1.45. The molecule has 2 heterocycles. The lowest BCUT2D eigenvalue weighted by Crippen LogP contribution is -2.49. The molecule has 3 amide bonds.